The number of benzene rings is 1. The molecule has 0 aliphatic rings. The van der Waals surface area contributed by atoms with E-state index in [1.807, 2.05) is 19.1 Å². The fraction of sp³-hybridized carbons (Fsp3) is 0.250. The molecular formula is C16H17FN2O. The Balaban J connectivity index is 2.11. The van der Waals surface area contributed by atoms with Crippen molar-refractivity contribution in [2.24, 2.45) is 0 Å². The molecule has 2 aromatic rings. The number of amides is 1. The molecule has 0 fully saturated rings. The summed E-state index contributed by atoms with van der Waals surface area (Å²) in [5.41, 5.74) is 2.43. The lowest BCUT2D eigenvalue weighted by atomic mass is 10.1. The lowest BCUT2D eigenvalue weighted by Crippen LogP contribution is -2.25. The van der Waals surface area contributed by atoms with Crippen molar-refractivity contribution in [1.82, 2.24) is 10.3 Å². The van der Waals surface area contributed by atoms with E-state index in [0.717, 1.165) is 17.7 Å². The molecule has 104 valence electrons. The molecule has 0 spiro atoms. The van der Waals surface area contributed by atoms with E-state index < -0.39 is 11.7 Å². The maximum Gasteiger partial charge on any atom is 0.254 e. The molecular weight excluding hydrogens is 255 g/mol. The third-order valence-corrected chi connectivity index (χ3v) is 3.22. The number of carbonyl (C=O) groups is 1. The van der Waals surface area contributed by atoms with Crippen LogP contribution >= 0.6 is 0 Å². The Hall–Kier alpha value is -2.23. The Bertz CT molecular complexity index is 626. The zero-order valence-electron chi connectivity index (χ0n) is 11.6. The number of hydrogen-bond donors (Lipinski definition) is 1. The number of rotatable bonds is 4. The molecule has 3 nitrogen and oxygen atoms in total. The summed E-state index contributed by atoms with van der Waals surface area (Å²) >= 11 is 0. The molecule has 1 aromatic heterocycles. The molecule has 1 amide bonds. The highest BCUT2D eigenvalue weighted by Crippen LogP contribution is 2.12. The predicted octanol–water partition coefficient (Wildman–Crippen LogP) is 3.02. The molecule has 0 aliphatic heterocycles. The summed E-state index contributed by atoms with van der Waals surface area (Å²) in [5.74, 6) is -0.888. The van der Waals surface area contributed by atoms with E-state index in [-0.39, 0.29) is 5.56 Å². The van der Waals surface area contributed by atoms with Crippen molar-refractivity contribution < 1.29 is 9.18 Å². The van der Waals surface area contributed by atoms with E-state index in [1.54, 1.807) is 25.3 Å². The molecule has 0 saturated carbocycles. The predicted molar refractivity (Wildman–Crippen MR) is 75.9 cm³/mol. The van der Waals surface area contributed by atoms with Crippen LogP contribution in [-0.4, -0.2) is 10.9 Å². The van der Waals surface area contributed by atoms with Gasteiger partial charge in [0.1, 0.15) is 5.82 Å². The van der Waals surface area contributed by atoms with Gasteiger partial charge in [-0.05, 0) is 36.6 Å². The minimum absolute atomic E-state index is 0.0685. The lowest BCUT2D eigenvalue weighted by molar-refractivity contribution is 0.0946. The van der Waals surface area contributed by atoms with Crippen LogP contribution in [0.15, 0.2) is 36.5 Å². The van der Waals surface area contributed by atoms with Gasteiger partial charge in [-0.2, -0.15) is 0 Å². The van der Waals surface area contributed by atoms with Crippen LogP contribution in [0.2, 0.25) is 0 Å². The first kappa shape index (κ1) is 14.2. The molecule has 1 N–H and O–H groups in total. The molecule has 2 rings (SSSR count). The van der Waals surface area contributed by atoms with Crippen LogP contribution in [-0.2, 0) is 13.0 Å². The van der Waals surface area contributed by atoms with Gasteiger partial charge in [0.05, 0.1) is 17.8 Å². The summed E-state index contributed by atoms with van der Waals surface area (Å²) < 4.78 is 13.8. The maximum atomic E-state index is 13.8. The summed E-state index contributed by atoms with van der Waals surface area (Å²) in [6.07, 6.45) is 2.53. The van der Waals surface area contributed by atoms with Gasteiger partial charge in [0.15, 0.2) is 0 Å². The fourth-order valence-electron chi connectivity index (χ4n) is 2.03. The number of hydrogen-bond acceptors (Lipinski definition) is 2. The standard InChI is InChI=1S/C16H17FN2O/c1-3-12-7-5-9-18-14(12)10-19-16(20)13-8-4-6-11(2)15(13)17/h4-9H,3,10H2,1-2H3,(H,19,20). The van der Waals surface area contributed by atoms with Gasteiger partial charge in [-0.15, -0.1) is 0 Å². The largest absolute Gasteiger partial charge is 0.346 e. The second-order valence-electron chi connectivity index (χ2n) is 4.58. The zero-order chi connectivity index (χ0) is 14.5. The summed E-state index contributed by atoms with van der Waals surface area (Å²) in [7, 11) is 0. The number of aryl methyl sites for hydroxylation is 2. The van der Waals surface area contributed by atoms with Gasteiger partial charge in [-0.3, -0.25) is 9.78 Å². The molecule has 4 heteroatoms. The molecule has 1 heterocycles. The van der Waals surface area contributed by atoms with Gasteiger partial charge in [0.25, 0.3) is 5.91 Å². The first-order chi connectivity index (χ1) is 9.63. The lowest BCUT2D eigenvalue weighted by Gasteiger charge is -2.09. The molecule has 0 bridgehead atoms. The molecule has 0 atom stereocenters. The van der Waals surface area contributed by atoms with Crippen molar-refractivity contribution in [3.8, 4) is 0 Å². The SMILES string of the molecule is CCc1cccnc1CNC(=O)c1cccc(C)c1F. The van der Waals surface area contributed by atoms with E-state index >= 15 is 0 Å². The second kappa shape index (κ2) is 6.28. The van der Waals surface area contributed by atoms with Crippen LogP contribution in [0.1, 0.15) is 34.1 Å². The van der Waals surface area contributed by atoms with Crippen LogP contribution in [0.5, 0.6) is 0 Å². The number of aromatic nitrogens is 1. The highest BCUT2D eigenvalue weighted by atomic mass is 19.1. The topological polar surface area (TPSA) is 42.0 Å². The summed E-state index contributed by atoms with van der Waals surface area (Å²) in [5, 5.41) is 2.72. The molecule has 0 radical (unpaired) electrons. The summed E-state index contributed by atoms with van der Waals surface area (Å²) in [6.45, 7) is 3.97. The third-order valence-electron chi connectivity index (χ3n) is 3.22. The van der Waals surface area contributed by atoms with Crippen molar-refractivity contribution in [2.75, 3.05) is 0 Å². The van der Waals surface area contributed by atoms with E-state index in [2.05, 4.69) is 10.3 Å². The van der Waals surface area contributed by atoms with E-state index in [4.69, 9.17) is 0 Å². The Kier molecular flexibility index (Phi) is 4.45. The van der Waals surface area contributed by atoms with Gasteiger partial charge in [0, 0.05) is 6.20 Å². The normalized spacial score (nSPS) is 10.3. The van der Waals surface area contributed by atoms with Crippen LogP contribution in [0.3, 0.4) is 0 Å². The van der Waals surface area contributed by atoms with Gasteiger partial charge in [-0.1, -0.05) is 25.1 Å². The average molecular weight is 272 g/mol. The quantitative estimate of drug-likeness (QED) is 0.929. The number of nitrogens with one attached hydrogen (secondary N) is 1. The molecule has 1 aromatic carbocycles. The molecule has 0 saturated heterocycles. The van der Waals surface area contributed by atoms with Crippen molar-refractivity contribution in [1.29, 1.82) is 0 Å². The Morgan fingerprint density at radius 2 is 2.10 bits per heavy atom. The van der Waals surface area contributed by atoms with Crippen LogP contribution in [0.4, 0.5) is 4.39 Å². The highest BCUT2D eigenvalue weighted by Gasteiger charge is 2.13. The molecule has 0 aliphatic carbocycles. The van der Waals surface area contributed by atoms with Crippen LogP contribution < -0.4 is 5.32 Å². The second-order valence-corrected chi connectivity index (χ2v) is 4.58. The Morgan fingerprint density at radius 1 is 1.30 bits per heavy atom. The fourth-order valence-corrected chi connectivity index (χ4v) is 2.03. The van der Waals surface area contributed by atoms with Gasteiger partial charge in [0.2, 0.25) is 0 Å². The van der Waals surface area contributed by atoms with Gasteiger partial charge < -0.3 is 5.32 Å². The Morgan fingerprint density at radius 3 is 2.85 bits per heavy atom. The number of pyridine rings is 1. The zero-order valence-corrected chi connectivity index (χ0v) is 11.6. The van der Waals surface area contributed by atoms with Crippen molar-refractivity contribution in [2.45, 2.75) is 26.8 Å². The third kappa shape index (κ3) is 3.02. The van der Waals surface area contributed by atoms with Crippen molar-refractivity contribution in [3.05, 3.63) is 64.7 Å². The number of halogens is 1. The molecule has 20 heavy (non-hydrogen) atoms. The minimum Gasteiger partial charge on any atom is -0.346 e. The monoisotopic (exact) mass is 272 g/mol. The smallest absolute Gasteiger partial charge is 0.254 e. The van der Waals surface area contributed by atoms with Crippen LogP contribution in [0.25, 0.3) is 0 Å². The summed E-state index contributed by atoms with van der Waals surface area (Å²) in [4.78, 5) is 16.3. The van der Waals surface area contributed by atoms with Crippen molar-refractivity contribution >= 4 is 5.91 Å². The first-order valence-electron chi connectivity index (χ1n) is 6.59. The van der Waals surface area contributed by atoms with Gasteiger partial charge >= 0.3 is 0 Å². The average Bonchev–Trinajstić information content (AvgIpc) is 2.48. The first-order valence-corrected chi connectivity index (χ1v) is 6.59. The van der Waals surface area contributed by atoms with E-state index in [1.165, 1.54) is 6.07 Å². The van der Waals surface area contributed by atoms with Crippen molar-refractivity contribution in [3.63, 3.8) is 0 Å². The maximum absolute atomic E-state index is 13.8. The Labute approximate surface area is 117 Å². The number of carbonyl (C=O) groups excluding carboxylic acids is 1. The molecule has 0 unspecified atom stereocenters. The van der Waals surface area contributed by atoms with Gasteiger partial charge in [-0.25, -0.2) is 4.39 Å². The number of nitrogens with zero attached hydrogens (tertiary/aromatic N) is 1. The highest BCUT2D eigenvalue weighted by molar-refractivity contribution is 5.94. The van der Waals surface area contributed by atoms with E-state index in [0.29, 0.717) is 12.1 Å². The minimum atomic E-state index is -0.471. The van der Waals surface area contributed by atoms with E-state index in [9.17, 15) is 9.18 Å². The summed E-state index contributed by atoms with van der Waals surface area (Å²) in [6, 6.07) is 8.63. The van der Waals surface area contributed by atoms with Crippen LogP contribution in [0, 0.1) is 12.7 Å².